The van der Waals surface area contributed by atoms with Gasteiger partial charge in [0.25, 0.3) is 0 Å². The van der Waals surface area contributed by atoms with Crippen molar-refractivity contribution in [1.29, 1.82) is 0 Å². The Labute approximate surface area is 202 Å². The number of benzene rings is 1. The Morgan fingerprint density at radius 3 is 2.86 bits per heavy atom. The van der Waals surface area contributed by atoms with Crippen LogP contribution in [0.1, 0.15) is 43.4 Å². The van der Waals surface area contributed by atoms with Crippen molar-refractivity contribution in [2.75, 3.05) is 23.3 Å². The number of nitrogens with zero attached hydrogens (tertiary/aromatic N) is 5. The number of carbonyl (C=O) groups excluding carboxylic acids is 1. The van der Waals surface area contributed by atoms with Crippen LogP contribution in [-0.2, 0) is 4.79 Å². The van der Waals surface area contributed by atoms with E-state index in [0.29, 0.717) is 17.6 Å². The maximum atomic E-state index is 14.4. The Kier molecular flexibility index (Phi) is 5.27. The Morgan fingerprint density at radius 2 is 2.03 bits per heavy atom. The summed E-state index contributed by atoms with van der Waals surface area (Å²) in [5.41, 5.74) is 2.98. The molecule has 3 aromatic heterocycles. The lowest BCUT2D eigenvalue weighted by Crippen LogP contribution is -2.38. The number of hydrogen-bond donors (Lipinski definition) is 2. The Hall–Kier alpha value is -3.75. The summed E-state index contributed by atoms with van der Waals surface area (Å²) in [6.07, 6.45) is 6.32. The number of halogens is 1. The van der Waals surface area contributed by atoms with Crippen molar-refractivity contribution in [1.82, 2.24) is 24.9 Å². The molecule has 0 radical (unpaired) electrons. The quantitative estimate of drug-likeness (QED) is 0.440. The summed E-state index contributed by atoms with van der Waals surface area (Å²) >= 11 is 0. The predicted octanol–water partition coefficient (Wildman–Crippen LogP) is 4.00. The van der Waals surface area contributed by atoms with E-state index in [1.54, 1.807) is 29.9 Å². The van der Waals surface area contributed by atoms with E-state index in [4.69, 9.17) is 4.98 Å². The molecule has 9 heteroatoms. The number of aryl methyl sites for hydroxylation is 1. The van der Waals surface area contributed by atoms with Gasteiger partial charge >= 0.3 is 0 Å². The van der Waals surface area contributed by atoms with E-state index in [9.17, 15) is 9.18 Å². The van der Waals surface area contributed by atoms with Gasteiger partial charge in [0.15, 0.2) is 5.65 Å². The van der Waals surface area contributed by atoms with Gasteiger partial charge in [0.2, 0.25) is 5.91 Å². The van der Waals surface area contributed by atoms with Gasteiger partial charge in [-0.25, -0.2) is 14.4 Å². The molecule has 0 spiro atoms. The molecule has 1 aliphatic heterocycles. The first-order chi connectivity index (χ1) is 17.0. The van der Waals surface area contributed by atoms with E-state index < -0.39 is 0 Å². The van der Waals surface area contributed by atoms with Gasteiger partial charge in [-0.3, -0.25) is 4.79 Å². The minimum atomic E-state index is -0.260. The van der Waals surface area contributed by atoms with Crippen molar-refractivity contribution in [3.05, 3.63) is 59.7 Å². The highest BCUT2D eigenvalue weighted by molar-refractivity contribution is 5.85. The summed E-state index contributed by atoms with van der Waals surface area (Å²) in [7, 11) is 0. The molecular weight excluding hydrogens is 445 g/mol. The first kappa shape index (κ1) is 21.8. The first-order valence-electron chi connectivity index (χ1n) is 12.2. The molecule has 1 amide bonds. The summed E-state index contributed by atoms with van der Waals surface area (Å²) < 4.78 is 16.1. The van der Waals surface area contributed by atoms with Gasteiger partial charge < -0.3 is 15.5 Å². The van der Waals surface area contributed by atoms with Crippen LogP contribution in [0.25, 0.3) is 16.6 Å². The highest BCUT2D eigenvalue weighted by Crippen LogP contribution is 2.34. The fourth-order valence-electron chi connectivity index (χ4n) is 4.91. The highest BCUT2D eigenvalue weighted by atomic mass is 19.1. The monoisotopic (exact) mass is 473 g/mol. The van der Waals surface area contributed by atoms with Crippen molar-refractivity contribution in [3.8, 4) is 0 Å². The number of carbonyl (C=O) groups is 1. The van der Waals surface area contributed by atoms with Gasteiger partial charge in [0, 0.05) is 53.8 Å². The molecule has 2 aliphatic rings. The van der Waals surface area contributed by atoms with Gasteiger partial charge in [0.1, 0.15) is 17.5 Å². The molecule has 2 atom stereocenters. The number of amides is 1. The normalized spacial score (nSPS) is 18.8. The maximum Gasteiger partial charge on any atom is 0.223 e. The minimum Gasteiger partial charge on any atom is -0.363 e. The molecule has 8 nitrogen and oxygen atoms in total. The van der Waals surface area contributed by atoms with Gasteiger partial charge in [-0.1, -0.05) is 0 Å². The van der Waals surface area contributed by atoms with Crippen LogP contribution in [0.2, 0.25) is 0 Å². The number of aromatic nitrogens is 4. The highest BCUT2D eigenvalue weighted by Gasteiger charge is 2.34. The zero-order valence-corrected chi connectivity index (χ0v) is 19.8. The van der Waals surface area contributed by atoms with Gasteiger partial charge in [-0.05, 0) is 57.4 Å². The number of fused-ring (bicyclic) bond motifs is 2. The third-order valence-corrected chi connectivity index (χ3v) is 7.09. The van der Waals surface area contributed by atoms with Crippen LogP contribution < -0.4 is 15.5 Å². The van der Waals surface area contributed by atoms with Crippen molar-refractivity contribution in [2.24, 2.45) is 5.92 Å². The second kappa shape index (κ2) is 8.48. The summed E-state index contributed by atoms with van der Waals surface area (Å²) in [4.78, 5) is 23.9. The summed E-state index contributed by atoms with van der Waals surface area (Å²) in [6, 6.07) is 9.11. The molecule has 1 saturated carbocycles. The molecule has 4 heterocycles. The van der Waals surface area contributed by atoms with Crippen LogP contribution in [-0.4, -0.2) is 44.6 Å². The number of pyridine rings is 1. The summed E-state index contributed by atoms with van der Waals surface area (Å²) in [5, 5.41) is 12.0. The maximum absolute atomic E-state index is 14.4. The molecule has 2 fully saturated rings. The molecular formula is C26H28FN7O. The number of hydrogen-bond acceptors (Lipinski definition) is 6. The van der Waals surface area contributed by atoms with E-state index in [-0.39, 0.29) is 29.7 Å². The molecule has 1 aromatic carbocycles. The van der Waals surface area contributed by atoms with Crippen molar-refractivity contribution >= 4 is 34.1 Å². The van der Waals surface area contributed by atoms with E-state index in [0.717, 1.165) is 54.0 Å². The second-order valence-corrected chi connectivity index (χ2v) is 9.66. The number of anilines is 2. The minimum absolute atomic E-state index is 0.0919. The smallest absolute Gasteiger partial charge is 0.223 e. The zero-order valence-electron chi connectivity index (χ0n) is 19.8. The van der Waals surface area contributed by atoms with Crippen molar-refractivity contribution < 1.29 is 9.18 Å². The summed E-state index contributed by atoms with van der Waals surface area (Å²) in [6.45, 7) is 5.31. The van der Waals surface area contributed by atoms with Crippen molar-refractivity contribution in [2.45, 2.75) is 45.2 Å². The number of nitrogens with one attached hydrogen (secondary N) is 2. The molecule has 1 saturated heterocycles. The summed E-state index contributed by atoms with van der Waals surface area (Å²) in [5.74, 6) is 1.74. The Morgan fingerprint density at radius 1 is 1.17 bits per heavy atom. The largest absolute Gasteiger partial charge is 0.363 e. The third kappa shape index (κ3) is 4.05. The lowest BCUT2D eigenvalue weighted by molar-refractivity contribution is -0.122. The molecule has 180 valence electrons. The van der Waals surface area contributed by atoms with Crippen LogP contribution in [0.15, 0.2) is 42.7 Å². The molecule has 2 N–H and O–H groups in total. The fourth-order valence-corrected chi connectivity index (χ4v) is 4.91. The van der Waals surface area contributed by atoms with E-state index in [1.165, 1.54) is 6.07 Å². The Balaban J connectivity index is 1.36. The van der Waals surface area contributed by atoms with E-state index in [1.807, 2.05) is 12.1 Å². The predicted molar refractivity (Wildman–Crippen MR) is 133 cm³/mol. The van der Waals surface area contributed by atoms with Crippen LogP contribution >= 0.6 is 0 Å². The topological polar surface area (TPSA) is 87.5 Å². The van der Waals surface area contributed by atoms with Crippen LogP contribution in [0.3, 0.4) is 0 Å². The zero-order chi connectivity index (χ0) is 24.1. The molecule has 0 bridgehead atoms. The average molecular weight is 474 g/mol. The fraction of sp³-hybridized carbons (Fsp3) is 0.385. The molecule has 0 unspecified atom stereocenters. The van der Waals surface area contributed by atoms with Gasteiger partial charge in [0.05, 0.1) is 17.8 Å². The lowest BCUT2D eigenvalue weighted by Gasteiger charge is -2.26. The molecule has 4 aromatic rings. The molecule has 6 rings (SSSR count). The third-order valence-electron chi connectivity index (χ3n) is 7.09. The number of rotatable bonds is 6. The van der Waals surface area contributed by atoms with E-state index >= 15 is 0 Å². The first-order valence-corrected chi connectivity index (χ1v) is 12.2. The van der Waals surface area contributed by atoms with Crippen LogP contribution in [0.5, 0.6) is 0 Å². The average Bonchev–Trinajstić information content (AvgIpc) is 3.42. The van der Waals surface area contributed by atoms with Crippen LogP contribution in [0, 0.1) is 18.7 Å². The lowest BCUT2D eigenvalue weighted by atomic mass is 10.0. The van der Waals surface area contributed by atoms with Gasteiger partial charge in [-0.15, -0.1) is 0 Å². The standard InChI is InChI=1S/C26H28FN7O/c1-15-21(27)6-5-18-13-20(16(2)30-23-7-10-28-22-8-11-29-34(22)23)25(32-24(15)18)33-12-9-19(14-33)31-26(35)17-3-4-17/h5-8,10-11,13,16-17,19,30H,3-4,9,12,14H2,1-2H3,(H,31,35)/t16-,19-/m0/s1. The molecule has 35 heavy (non-hydrogen) atoms. The second-order valence-electron chi connectivity index (χ2n) is 9.66. The van der Waals surface area contributed by atoms with Crippen molar-refractivity contribution in [3.63, 3.8) is 0 Å². The Bertz CT molecular complexity index is 1430. The molecule has 1 aliphatic carbocycles. The van der Waals surface area contributed by atoms with Crippen LogP contribution in [0.4, 0.5) is 16.0 Å². The van der Waals surface area contributed by atoms with Gasteiger partial charge in [-0.2, -0.15) is 9.61 Å². The van der Waals surface area contributed by atoms with E-state index in [2.05, 4.69) is 38.6 Å². The SMILES string of the molecule is Cc1c(F)ccc2cc([C@H](C)Nc3ccnc4ccnn34)c(N3CC[C@H](NC(=O)C4CC4)C3)nc12.